The number of nitrogens with zero attached hydrogens (tertiary/aromatic N) is 3. The topological polar surface area (TPSA) is 67.2 Å². The van der Waals surface area contributed by atoms with Crippen molar-refractivity contribution in [3.8, 4) is 0 Å². The minimum absolute atomic E-state index is 0.0129. The number of nitrogens with one attached hydrogen (secondary N) is 1. The van der Waals surface area contributed by atoms with Crippen molar-refractivity contribution in [1.29, 1.82) is 0 Å². The quantitative estimate of drug-likeness (QED) is 0.762. The second-order valence-electron chi connectivity index (χ2n) is 7.44. The minimum Gasteiger partial charge on any atom is -0.354 e. The van der Waals surface area contributed by atoms with Gasteiger partial charge < -0.3 is 5.32 Å². The summed E-state index contributed by atoms with van der Waals surface area (Å²) in [6.07, 6.45) is 1.10. The first-order chi connectivity index (χ1) is 12.9. The summed E-state index contributed by atoms with van der Waals surface area (Å²) in [5.41, 5.74) is 3.38. The summed E-state index contributed by atoms with van der Waals surface area (Å²) in [5.74, 6) is 0.407. The van der Waals surface area contributed by atoms with Crippen molar-refractivity contribution < 1.29 is 9.59 Å². The number of carbonyl (C=O) groups is 2. The van der Waals surface area contributed by atoms with Gasteiger partial charge in [-0.25, -0.2) is 0 Å². The highest BCUT2D eigenvalue weighted by Crippen LogP contribution is 2.18. The molecule has 1 fully saturated rings. The Morgan fingerprint density at radius 3 is 2.63 bits per heavy atom. The Hall–Kier alpha value is -2.47. The molecule has 3 rings (SSSR count). The summed E-state index contributed by atoms with van der Waals surface area (Å²) >= 11 is 0. The van der Waals surface area contributed by atoms with E-state index in [0.717, 1.165) is 31.7 Å². The van der Waals surface area contributed by atoms with Gasteiger partial charge in [0.1, 0.15) is 6.54 Å². The van der Waals surface area contributed by atoms with E-state index < -0.39 is 0 Å². The van der Waals surface area contributed by atoms with E-state index >= 15 is 0 Å². The maximum Gasteiger partial charge on any atom is 0.241 e. The van der Waals surface area contributed by atoms with Gasteiger partial charge in [0.25, 0.3) is 0 Å². The minimum atomic E-state index is -0.0581. The number of hydrogen-bond donors (Lipinski definition) is 1. The predicted molar refractivity (Wildman–Crippen MR) is 105 cm³/mol. The van der Waals surface area contributed by atoms with E-state index in [1.807, 2.05) is 13.0 Å². The maximum absolute atomic E-state index is 12.3. The fraction of sp³-hybridized carbons (Fsp3) is 0.476. The molecule has 1 aliphatic heterocycles. The second-order valence-corrected chi connectivity index (χ2v) is 7.44. The summed E-state index contributed by atoms with van der Waals surface area (Å²) in [5, 5.41) is 7.37. The zero-order valence-corrected chi connectivity index (χ0v) is 16.4. The number of Topliss-reactive ketones (excluding diaryl/α,β-unsaturated/α-hetero) is 1. The van der Waals surface area contributed by atoms with Crippen LogP contribution in [0.5, 0.6) is 0 Å². The molecule has 1 aliphatic rings. The predicted octanol–water partition coefficient (Wildman–Crippen LogP) is 2.34. The number of aryl methyl sites for hydroxylation is 1. The second kappa shape index (κ2) is 8.48. The van der Waals surface area contributed by atoms with Crippen LogP contribution in [0.25, 0.3) is 0 Å². The van der Waals surface area contributed by atoms with Crippen LogP contribution >= 0.6 is 0 Å². The monoisotopic (exact) mass is 368 g/mol. The zero-order valence-electron chi connectivity index (χ0n) is 16.4. The standard InChI is InChI=1S/C21H28N4O2/c1-15-21(17(3)26)16(2)25(23-15)14-20(27)22-11-19-9-10-24(13-19)12-18-7-5-4-6-8-18/h4-8,19H,9-14H2,1-3H3,(H,22,27)/t19-/m0/s1. The Morgan fingerprint density at radius 2 is 1.96 bits per heavy atom. The first-order valence-corrected chi connectivity index (χ1v) is 9.52. The van der Waals surface area contributed by atoms with Crippen molar-refractivity contribution in [1.82, 2.24) is 20.0 Å². The molecule has 0 bridgehead atoms. The normalized spacial score (nSPS) is 17.2. The van der Waals surface area contributed by atoms with Crippen LogP contribution in [0.3, 0.4) is 0 Å². The molecule has 27 heavy (non-hydrogen) atoms. The molecule has 1 atom stereocenters. The average molecular weight is 368 g/mol. The van der Waals surface area contributed by atoms with E-state index in [4.69, 9.17) is 0 Å². The Kier molecular flexibility index (Phi) is 6.06. The number of aromatic nitrogens is 2. The summed E-state index contributed by atoms with van der Waals surface area (Å²) in [7, 11) is 0. The highest BCUT2D eigenvalue weighted by Gasteiger charge is 2.23. The fourth-order valence-corrected chi connectivity index (χ4v) is 3.88. The molecule has 144 valence electrons. The van der Waals surface area contributed by atoms with Gasteiger partial charge >= 0.3 is 0 Å². The highest BCUT2D eigenvalue weighted by atomic mass is 16.2. The van der Waals surface area contributed by atoms with Crippen molar-refractivity contribution in [2.75, 3.05) is 19.6 Å². The van der Waals surface area contributed by atoms with Crippen LogP contribution in [-0.2, 0) is 17.9 Å². The number of ketones is 1. The molecule has 2 aromatic rings. The van der Waals surface area contributed by atoms with Gasteiger partial charge in [0.2, 0.25) is 5.91 Å². The van der Waals surface area contributed by atoms with Gasteiger partial charge in [-0.15, -0.1) is 0 Å². The SMILES string of the molecule is CC(=O)c1c(C)nn(CC(=O)NC[C@@H]2CCN(Cc3ccccc3)C2)c1C. The van der Waals surface area contributed by atoms with Crippen LogP contribution < -0.4 is 5.32 Å². The van der Waals surface area contributed by atoms with Crippen molar-refractivity contribution in [3.05, 3.63) is 52.8 Å². The molecule has 0 unspecified atom stereocenters. The lowest BCUT2D eigenvalue weighted by Crippen LogP contribution is -2.33. The van der Waals surface area contributed by atoms with E-state index in [-0.39, 0.29) is 18.2 Å². The van der Waals surface area contributed by atoms with Crippen LogP contribution in [0.4, 0.5) is 0 Å². The van der Waals surface area contributed by atoms with E-state index in [1.54, 1.807) is 11.6 Å². The van der Waals surface area contributed by atoms with Crippen LogP contribution in [0.15, 0.2) is 30.3 Å². The molecule has 1 amide bonds. The van der Waals surface area contributed by atoms with Gasteiger partial charge in [-0.2, -0.15) is 5.10 Å². The fourth-order valence-electron chi connectivity index (χ4n) is 3.88. The first kappa shape index (κ1) is 19.3. The number of likely N-dealkylation sites (tertiary alicyclic amines) is 1. The Balaban J connectivity index is 1.46. The summed E-state index contributed by atoms with van der Waals surface area (Å²) in [4.78, 5) is 26.4. The highest BCUT2D eigenvalue weighted by molar-refractivity contribution is 5.96. The number of carbonyl (C=O) groups excluding carboxylic acids is 2. The maximum atomic E-state index is 12.3. The molecule has 1 aromatic heterocycles. The van der Waals surface area contributed by atoms with Gasteiger partial charge in [-0.3, -0.25) is 19.2 Å². The lowest BCUT2D eigenvalue weighted by Gasteiger charge is -2.16. The van der Waals surface area contributed by atoms with Gasteiger partial charge in [0.05, 0.1) is 11.3 Å². The largest absolute Gasteiger partial charge is 0.354 e. The van der Waals surface area contributed by atoms with E-state index in [9.17, 15) is 9.59 Å². The summed E-state index contributed by atoms with van der Waals surface area (Å²) < 4.78 is 1.62. The van der Waals surface area contributed by atoms with Crippen LogP contribution in [0.2, 0.25) is 0 Å². The first-order valence-electron chi connectivity index (χ1n) is 9.52. The number of benzene rings is 1. The molecule has 0 aliphatic carbocycles. The molecule has 6 nitrogen and oxygen atoms in total. The Labute approximate surface area is 160 Å². The van der Waals surface area contributed by atoms with Crippen LogP contribution in [0, 0.1) is 19.8 Å². The number of hydrogen-bond acceptors (Lipinski definition) is 4. The van der Waals surface area contributed by atoms with Gasteiger partial charge in [0.15, 0.2) is 5.78 Å². The van der Waals surface area contributed by atoms with Crippen molar-refractivity contribution in [3.63, 3.8) is 0 Å². The molecular formula is C21H28N4O2. The van der Waals surface area contributed by atoms with Crippen LogP contribution in [-0.4, -0.2) is 46.0 Å². The van der Waals surface area contributed by atoms with Crippen molar-refractivity contribution >= 4 is 11.7 Å². The molecule has 1 aromatic carbocycles. The van der Waals surface area contributed by atoms with Crippen LogP contribution in [0.1, 0.15) is 40.7 Å². The molecule has 0 spiro atoms. The van der Waals surface area contributed by atoms with E-state index in [2.05, 4.69) is 39.6 Å². The summed E-state index contributed by atoms with van der Waals surface area (Å²) in [6.45, 7) is 9.04. The smallest absolute Gasteiger partial charge is 0.241 e. The third-order valence-electron chi connectivity index (χ3n) is 5.23. The van der Waals surface area contributed by atoms with Gasteiger partial charge in [0, 0.05) is 25.3 Å². The Bertz CT molecular complexity index is 813. The lowest BCUT2D eigenvalue weighted by molar-refractivity contribution is -0.122. The zero-order chi connectivity index (χ0) is 19.4. The molecule has 6 heteroatoms. The molecule has 1 saturated heterocycles. The molecule has 0 saturated carbocycles. The van der Waals surface area contributed by atoms with Crippen molar-refractivity contribution in [2.45, 2.75) is 40.3 Å². The lowest BCUT2D eigenvalue weighted by atomic mass is 10.1. The third-order valence-corrected chi connectivity index (χ3v) is 5.23. The van der Waals surface area contributed by atoms with E-state index in [1.165, 1.54) is 12.5 Å². The molecule has 0 radical (unpaired) electrons. The van der Waals surface area contributed by atoms with Gasteiger partial charge in [-0.05, 0) is 45.2 Å². The third kappa shape index (κ3) is 4.83. The van der Waals surface area contributed by atoms with Gasteiger partial charge in [-0.1, -0.05) is 30.3 Å². The van der Waals surface area contributed by atoms with Crippen molar-refractivity contribution in [2.24, 2.45) is 5.92 Å². The number of rotatable bonds is 7. The number of amides is 1. The molecular weight excluding hydrogens is 340 g/mol. The molecule has 1 N–H and O–H groups in total. The summed E-state index contributed by atoms with van der Waals surface area (Å²) in [6, 6.07) is 10.5. The molecule has 2 heterocycles. The Morgan fingerprint density at radius 1 is 1.22 bits per heavy atom. The average Bonchev–Trinajstić information content (AvgIpc) is 3.18. The van der Waals surface area contributed by atoms with E-state index in [0.29, 0.717) is 23.7 Å².